The topological polar surface area (TPSA) is 47.8 Å². The molecule has 84 valence electrons. The van der Waals surface area contributed by atoms with Crippen molar-refractivity contribution >= 4 is 28.7 Å². The molecular formula is C12H9N3OS. The highest BCUT2D eigenvalue weighted by Gasteiger charge is 2.12. The molecule has 0 aliphatic rings. The molecule has 0 amide bonds. The van der Waals surface area contributed by atoms with Gasteiger partial charge in [0.25, 0.3) is 0 Å². The summed E-state index contributed by atoms with van der Waals surface area (Å²) >= 11 is 1.52. The van der Waals surface area contributed by atoms with Crippen LogP contribution in [0.2, 0.25) is 0 Å². The molecule has 0 aliphatic heterocycles. The smallest absolute Gasteiger partial charge is 0.161 e. The number of rotatable bonds is 3. The summed E-state index contributed by atoms with van der Waals surface area (Å²) in [5.41, 5.74) is 4.42. The Balaban J connectivity index is 2.29. The molecule has 0 spiro atoms. The van der Waals surface area contributed by atoms with Crippen molar-refractivity contribution in [3.63, 3.8) is 0 Å². The third kappa shape index (κ3) is 1.64. The Bertz CT molecular complexity index is 658. The fourth-order valence-electron chi connectivity index (χ4n) is 1.85. The number of thiazole rings is 1. The fourth-order valence-corrected chi connectivity index (χ4v) is 2.38. The van der Waals surface area contributed by atoms with Crippen LogP contribution >= 0.6 is 11.3 Å². The molecule has 4 nitrogen and oxygen atoms in total. The minimum atomic E-state index is 0.299. The van der Waals surface area contributed by atoms with Crippen LogP contribution < -0.4 is 0 Å². The van der Waals surface area contributed by atoms with Gasteiger partial charge in [-0.1, -0.05) is 12.1 Å². The molecule has 0 radical (unpaired) electrons. The van der Waals surface area contributed by atoms with E-state index in [1.807, 2.05) is 34.2 Å². The Morgan fingerprint density at radius 1 is 1.35 bits per heavy atom. The zero-order valence-electron chi connectivity index (χ0n) is 8.91. The molecule has 0 unspecified atom stereocenters. The van der Waals surface area contributed by atoms with Crippen LogP contribution in [0.3, 0.4) is 0 Å². The number of hydrogen-bond acceptors (Lipinski definition) is 4. The molecular weight excluding hydrogens is 234 g/mol. The number of aldehydes is 1. The van der Waals surface area contributed by atoms with Crippen LogP contribution in [0, 0.1) is 0 Å². The predicted octanol–water partition coefficient (Wildman–Crippen LogP) is 2.36. The quantitative estimate of drug-likeness (QED) is 0.663. The Kier molecular flexibility index (Phi) is 2.45. The van der Waals surface area contributed by atoms with E-state index < -0.39 is 0 Å². The first kappa shape index (κ1) is 10.2. The molecule has 0 fully saturated rings. The number of benzene rings is 1. The van der Waals surface area contributed by atoms with E-state index in [2.05, 4.69) is 9.97 Å². The summed E-state index contributed by atoms with van der Waals surface area (Å²) in [6.07, 6.45) is 0.879. The maximum absolute atomic E-state index is 10.8. The monoisotopic (exact) mass is 243 g/mol. The zero-order chi connectivity index (χ0) is 11.7. The first-order valence-electron chi connectivity index (χ1n) is 5.17. The van der Waals surface area contributed by atoms with Crippen molar-refractivity contribution < 1.29 is 4.79 Å². The average molecular weight is 243 g/mol. The van der Waals surface area contributed by atoms with Gasteiger partial charge in [0, 0.05) is 5.38 Å². The highest BCUT2D eigenvalue weighted by molar-refractivity contribution is 7.07. The third-order valence-corrected chi connectivity index (χ3v) is 3.16. The molecule has 17 heavy (non-hydrogen) atoms. The lowest BCUT2D eigenvalue weighted by atomic mass is 10.3. The first-order chi connectivity index (χ1) is 8.40. The number of carbonyl (C=O) groups is 1. The molecule has 0 bridgehead atoms. The van der Waals surface area contributed by atoms with Gasteiger partial charge < -0.3 is 9.36 Å². The van der Waals surface area contributed by atoms with Gasteiger partial charge in [-0.15, -0.1) is 11.3 Å². The predicted molar refractivity (Wildman–Crippen MR) is 66.9 cm³/mol. The lowest BCUT2D eigenvalue weighted by Crippen LogP contribution is -2.01. The molecule has 3 aromatic rings. The maximum atomic E-state index is 10.8. The van der Waals surface area contributed by atoms with E-state index in [-0.39, 0.29) is 0 Å². The van der Waals surface area contributed by atoms with Crippen molar-refractivity contribution in [3.8, 4) is 11.5 Å². The van der Waals surface area contributed by atoms with Crippen LogP contribution in [0.15, 0.2) is 35.2 Å². The Hall–Kier alpha value is -2.01. The van der Waals surface area contributed by atoms with E-state index in [1.54, 1.807) is 5.51 Å². The van der Waals surface area contributed by atoms with Gasteiger partial charge in [-0.25, -0.2) is 9.97 Å². The van der Waals surface area contributed by atoms with Gasteiger partial charge in [0.2, 0.25) is 0 Å². The summed E-state index contributed by atoms with van der Waals surface area (Å²) in [4.78, 5) is 19.5. The van der Waals surface area contributed by atoms with E-state index in [9.17, 15) is 4.79 Å². The van der Waals surface area contributed by atoms with Gasteiger partial charge >= 0.3 is 0 Å². The molecule has 3 rings (SSSR count). The van der Waals surface area contributed by atoms with E-state index in [0.717, 1.165) is 28.8 Å². The van der Waals surface area contributed by atoms with Crippen molar-refractivity contribution in [2.24, 2.45) is 0 Å². The summed E-state index contributed by atoms with van der Waals surface area (Å²) in [7, 11) is 0. The third-order valence-electron chi connectivity index (χ3n) is 2.57. The minimum absolute atomic E-state index is 0.299. The van der Waals surface area contributed by atoms with Crippen LogP contribution in [0.4, 0.5) is 0 Å². The molecule has 2 heterocycles. The number of imidazole rings is 1. The van der Waals surface area contributed by atoms with Crippen LogP contribution in [0.25, 0.3) is 22.6 Å². The molecule has 0 saturated carbocycles. The molecule has 2 aromatic heterocycles. The van der Waals surface area contributed by atoms with Crippen molar-refractivity contribution in [1.29, 1.82) is 0 Å². The SMILES string of the molecule is O=CCn1c(-c2cscn2)nc2ccccc21. The van der Waals surface area contributed by atoms with Crippen LogP contribution in [-0.2, 0) is 11.3 Å². The van der Waals surface area contributed by atoms with E-state index >= 15 is 0 Å². The lowest BCUT2D eigenvalue weighted by Gasteiger charge is -2.02. The van der Waals surface area contributed by atoms with Gasteiger partial charge in [-0.3, -0.25) is 0 Å². The second-order valence-electron chi connectivity index (χ2n) is 3.58. The van der Waals surface area contributed by atoms with Crippen LogP contribution in [-0.4, -0.2) is 20.8 Å². The number of nitrogens with zero attached hydrogens (tertiary/aromatic N) is 3. The molecule has 1 aromatic carbocycles. The number of carbonyl (C=O) groups excluding carboxylic acids is 1. The molecule has 0 aliphatic carbocycles. The number of hydrogen-bond donors (Lipinski definition) is 0. The van der Waals surface area contributed by atoms with Crippen molar-refractivity contribution in [2.45, 2.75) is 6.54 Å². The second-order valence-corrected chi connectivity index (χ2v) is 4.29. The Labute approximate surface area is 102 Å². The van der Waals surface area contributed by atoms with Gasteiger partial charge in [0.1, 0.15) is 12.0 Å². The van der Waals surface area contributed by atoms with Gasteiger partial charge in [0.05, 0.1) is 23.1 Å². The molecule has 0 N–H and O–H groups in total. The number of aromatic nitrogens is 3. The van der Waals surface area contributed by atoms with E-state index in [1.165, 1.54) is 11.3 Å². The van der Waals surface area contributed by atoms with Crippen LogP contribution in [0.5, 0.6) is 0 Å². The Morgan fingerprint density at radius 2 is 2.24 bits per heavy atom. The van der Waals surface area contributed by atoms with Gasteiger partial charge in [-0.2, -0.15) is 0 Å². The largest absolute Gasteiger partial charge is 0.315 e. The standard InChI is InChI=1S/C12H9N3OS/c16-6-5-15-11-4-2-1-3-9(11)14-12(15)10-7-17-8-13-10/h1-4,6-8H,5H2. The zero-order valence-corrected chi connectivity index (χ0v) is 9.72. The summed E-state index contributed by atoms with van der Waals surface area (Å²) < 4.78 is 1.89. The van der Waals surface area contributed by atoms with Crippen molar-refractivity contribution in [2.75, 3.05) is 0 Å². The normalized spacial score (nSPS) is 10.8. The maximum Gasteiger partial charge on any atom is 0.161 e. The van der Waals surface area contributed by atoms with Crippen molar-refractivity contribution in [3.05, 3.63) is 35.2 Å². The number of fused-ring (bicyclic) bond motifs is 1. The van der Waals surface area contributed by atoms with Gasteiger partial charge in [-0.05, 0) is 12.1 Å². The molecule has 5 heteroatoms. The van der Waals surface area contributed by atoms with Crippen LogP contribution in [0.1, 0.15) is 0 Å². The summed E-state index contributed by atoms with van der Waals surface area (Å²) in [6, 6.07) is 7.77. The number of para-hydroxylation sites is 2. The Morgan fingerprint density at radius 3 is 3.00 bits per heavy atom. The molecule has 0 saturated heterocycles. The summed E-state index contributed by atoms with van der Waals surface area (Å²) in [6.45, 7) is 0.299. The summed E-state index contributed by atoms with van der Waals surface area (Å²) in [5.74, 6) is 0.750. The van der Waals surface area contributed by atoms with Gasteiger partial charge in [0.15, 0.2) is 5.82 Å². The summed E-state index contributed by atoms with van der Waals surface area (Å²) in [5, 5.41) is 1.93. The highest BCUT2D eigenvalue weighted by Crippen LogP contribution is 2.24. The second kappa shape index (κ2) is 4.10. The van der Waals surface area contributed by atoms with Crippen molar-refractivity contribution in [1.82, 2.24) is 14.5 Å². The first-order valence-corrected chi connectivity index (χ1v) is 6.12. The van der Waals surface area contributed by atoms with E-state index in [0.29, 0.717) is 6.54 Å². The van der Waals surface area contributed by atoms with E-state index in [4.69, 9.17) is 0 Å². The fraction of sp³-hybridized carbons (Fsp3) is 0.0833. The molecule has 0 atom stereocenters. The highest BCUT2D eigenvalue weighted by atomic mass is 32.1. The minimum Gasteiger partial charge on any atom is -0.315 e. The average Bonchev–Trinajstić information content (AvgIpc) is 2.97. The lowest BCUT2D eigenvalue weighted by molar-refractivity contribution is -0.108.